The molecule has 0 radical (unpaired) electrons. The third-order valence-electron chi connectivity index (χ3n) is 6.48. The first-order valence-electron chi connectivity index (χ1n) is 10.5. The van der Waals surface area contributed by atoms with Crippen LogP contribution in [0.2, 0.25) is 0 Å². The summed E-state index contributed by atoms with van der Waals surface area (Å²) in [6.45, 7) is 0.979. The van der Waals surface area contributed by atoms with Crippen molar-refractivity contribution >= 4 is 33.9 Å². The highest BCUT2D eigenvalue weighted by Gasteiger charge is 2.44. The van der Waals surface area contributed by atoms with E-state index in [9.17, 15) is 4.79 Å². The SMILES string of the molecule is O=C1NC2(CCCCC2)c2cc(Nc3cc(NCC4CCCC4)ncn3)sc21. The summed E-state index contributed by atoms with van der Waals surface area (Å²) in [4.78, 5) is 22.1. The molecule has 5 rings (SSSR count). The van der Waals surface area contributed by atoms with Gasteiger partial charge in [-0.25, -0.2) is 9.97 Å². The highest BCUT2D eigenvalue weighted by atomic mass is 32.1. The highest BCUT2D eigenvalue weighted by molar-refractivity contribution is 7.18. The van der Waals surface area contributed by atoms with Crippen molar-refractivity contribution in [1.82, 2.24) is 15.3 Å². The Morgan fingerprint density at radius 3 is 2.68 bits per heavy atom. The van der Waals surface area contributed by atoms with Gasteiger partial charge in [-0.3, -0.25) is 4.79 Å². The molecule has 3 heterocycles. The van der Waals surface area contributed by atoms with Crippen molar-refractivity contribution in [2.24, 2.45) is 5.92 Å². The zero-order valence-corrected chi connectivity index (χ0v) is 16.9. The zero-order chi connectivity index (χ0) is 19.0. The second kappa shape index (κ2) is 7.35. The molecule has 3 N–H and O–H groups in total. The van der Waals surface area contributed by atoms with E-state index in [1.54, 1.807) is 6.33 Å². The molecule has 6 nitrogen and oxygen atoms in total. The van der Waals surface area contributed by atoms with Crippen LogP contribution in [0.25, 0.3) is 0 Å². The molecule has 1 aliphatic heterocycles. The van der Waals surface area contributed by atoms with Gasteiger partial charge in [0, 0.05) is 18.2 Å². The second-order valence-electron chi connectivity index (χ2n) is 8.40. The lowest BCUT2D eigenvalue weighted by molar-refractivity contribution is 0.0912. The molecular formula is C21H27N5OS. The third kappa shape index (κ3) is 3.36. The average molecular weight is 398 g/mol. The number of carbonyl (C=O) groups excluding carboxylic acids is 1. The van der Waals surface area contributed by atoms with E-state index in [1.807, 2.05) is 6.07 Å². The molecule has 0 bridgehead atoms. The number of nitrogens with zero attached hydrogens (tertiary/aromatic N) is 2. The molecule has 2 fully saturated rings. The number of nitrogens with one attached hydrogen (secondary N) is 3. The van der Waals surface area contributed by atoms with Crippen LogP contribution < -0.4 is 16.0 Å². The summed E-state index contributed by atoms with van der Waals surface area (Å²) in [7, 11) is 0. The van der Waals surface area contributed by atoms with Crippen LogP contribution in [0.1, 0.15) is 73.0 Å². The summed E-state index contributed by atoms with van der Waals surface area (Å²) < 4.78 is 0. The minimum Gasteiger partial charge on any atom is -0.370 e. The molecule has 2 aliphatic carbocycles. The second-order valence-corrected chi connectivity index (χ2v) is 9.45. The molecule has 148 valence electrons. The lowest BCUT2D eigenvalue weighted by Crippen LogP contribution is -2.40. The van der Waals surface area contributed by atoms with Gasteiger partial charge >= 0.3 is 0 Å². The molecule has 2 aromatic heterocycles. The molecule has 2 saturated carbocycles. The van der Waals surface area contributed by atoms with Gasteiger partial charge in [-0.1, -0.05) is 32.1 Å². The summed E-state index contributed by atoms with van der Waals surface area (Å²) in [5.74, 6) is 2.46. The maximum atomic E-state index is 12.5. The normalized spacial score (nSPS) is 20.9. The molecule has 0 aromatic carbocycles. The minimum atomic E-state index is -0.138. The average Bonchev–Trinajstić information content (AvgIpc) is 3.41. The number of carbonyl (C=O) groups is 1. The fourth-order valence-corrected chi connectivity index (χ4v) is 6.04. The highest BCUT2D eigenvalue weighted by Crippen LogP contribution is 2.47. The van der Waals surface area contributed by atoms with Crippen molar-refractivity contribution in [3.05, 3.63) is 28.9 Å². The Morgan fingerprint density at radius 2 is 1.86 bits per heavy atom. The van der Waals surface area contributed by atoms with Gasteiger partial charge in [0.25, 0.3) is 5.91 Å². The number of hydrogen-bond donors (Lipinski definition) is 3. The van der Waals surface area contributed by atoms with Crippen LogP contribution in [0.3, 0.4) is 0 Å². The molecule has 3 aliphatic rings. The molecule has 0 atom stereocenters. The molecule has 7 heteroatoms. The Labute approximate surface area is 169 Å². The summed E-state index contributed by atoms with van der Waals surface area (Å²) >= 11 is 1.53. The van der Waals surface area contributed by atoms with E-state index in [0.29, 0.717) is 0 Å². The molecule has 1 spiro atoms. The van der Waals surface area contributed by atoms with E-state index in [0.717, 1.165) is 46.8 Å². The van der Waals surface area contributed by atoms with Crippen molar-refractivity contribution in [1.29, 1.82) is 0 Å². The Hall–Kier alpha value is -2.15. The number of hydrogen-bond acceptors (Lipinski definition) is 6. The van der Waals surface area contributed by atoms with Crippen molar-refractivity contribution in [3.63, 3.8) is 0 Å². The maximum Gasteiger partial charge on any atom is 0.262 e. The number of anilines is 3. The monoisotopic (exact) mass is 397 g/mol. The van der Waals surface area contributed by atoms with E-state index in [1.165, 1.54) is 61.8 Å². The fourth-order valence-electron chi connectivity index (χ4n) is 4.98. The molecule has 0 unspecified atom stereocenters. The molecule has 28 heavy (non-hydrogen) atoms. The Bertz CT molecular complexity index is 867. The first kappa shape index (κ1) is 17.9. The molecule has 2 aromatic rings. The van der Waals surface area contributed by atoms with Gasteiger partial charge in [-0.15, -0.1) is 11.3 Å². The van der Waals surface area contributed by atoms with Gasteiger partial charge in [-0.2, -0.15) is 0 Å². The van der Waals surface area contributed by atoms with Gasteiger partial charge in [0.1, 0.15) is 18.0 Å². The number of amides is 1. The summed E-state index contributed by atoms with van der Waals surface area (Å²) in [6, 6.07) is 4.10. The maximum absolute atomic E-state index is 12.5. The van der Waals surface area contributed by atoms with E-state index < -0.39 is 0 Å². The van der Waals surface area contributed by atoms with Crippen molar-refractivity contribution in [3.8, 4) is 0 Å². The van der Waals surface area contributed by atoms with Crippen LogP contribution in [0.15, 0.2) is 18.5 Å². The zero-order valence-electron chi connectivity index (χ0n) is 16.1. The molecule has 0 saturated heterocycles. The van der Waals surface area contributed by atoms with Crippen LogP contribution in [-0.4, -0.2) is 22.4 Å². The smallest absolute Gasteiger partial charge is 0.262 e. The lowest BCUT2D eigenvalue weighted by Gasteiger charge is -2.33. The first-order valence-corrected chi connectivity index (χ1v) is 11.3. The van der Waals surface area contributed by atoms with Gasteiger partial charge in [0.05, 0.1) is 15.4 Å². The largest absolute Gasteiger partial charge is 0.370 e. The van der Waals surface area contributed by atoms with Crippen molar-refractivity contribution < 1.29 is 4.79 Å². The van der Waals surface area contributed by atoms with Crippen LogP contribution in [0.5, 0.6) is 0 Å². The van der Waals surface area contributed by atoms with Crippen LogP contribution in [0.4, 0.5) is 16.6 Å². The standard InChI is InChI=1S/C21H27N5OS/c27-20-19-15(21(26-20)8-4-1-5-9-21)10-18(28-19)25-17-11-16(23-13-24-17)22-12-14-6-2-3-7-14/h10-11,13-14H,1-9,12H2,(H,26,27)(H2,22,23,24,25). The minimum absolute atomic E-state index is 0.0801. The van der Waals surface area contributed by atoms with Gasteiger partial charge in [-0.05, 0) is 37.7 Å². The predicted molar refractivity (Wildman–Crippen MR) is 112 cm³/mol. The molecule has 1 amide bonds. The number of aromatic nitrogens is 2. The Balaban J connectivity index is 1.30. The summed E-state index contributed by atoms with van der Waals surface area (Å²) in [5, 5.41) is 11.1. The van der Waals surface area contributed by atoms with Crippen molar-refractivity contribution in [2.45, 2.75) is 63.3 Å². The van der Waals surface area contributed by atoms with Gasteiger partial charge < -0.3 is 16.0 Å². The topological polar surface area (TPSA) is 78.9 Å². The summed E-state index contributed by atoms with van der Waals surface area (Å²) in [6.07, 6.45) is 12.6. The predicted octanol–water partition coefficient (Wildman–Crippen LogP) is 4.79. The van der Waals surface area contributed by atoms with Gasteiger partial charge in [0.2, 0.25) is 0 Å². The molecular weight excluding hydrogens is 370 g/mol. The quantitative estimate of drug-likeness (QED) is 0.676. The van der Waals surface area contributed by atoms with Crippen LogP contribution in [0, 0.1) is 5.92 Å². The first-order chi connectivity index (χ1) is 13.7. The van der Waals surface area contributed by atoms with Crippen molar-refractivity contribution in [2.75, 3.05) is 17.2 Å². The van der Waals surface area contributed by atoms with E-state index >= 15 is 0 Å². The van der Waals surface area contributed by atoms with E-state index in [-0.39, 0.29) is 11.4 Å². The number of thiophene rings is 1. The van der Waals surface area contributed by atoms with Crippen LogP contribution in [-0.2, 0) is 5.54 Å². The van der Waals surface area contributed by atoms with E-state index in [2.05, 4.69) is 32.0 Å². The number of fused-ring (bicyclic) bond motifs is 2. The third-order valence-corrected chi connectivity index (χ3v) is 7.53. The lowest BCUT2D eigenvalue weighted by atomic mass is 9.78. The van der Waals surface area contributed by atoms with Crippen LogP contribution >= 0.6 is 11.3 Å². The number of rotatable bonds is 5. The summed E-state index contributed by atoms with van der Waals surface area (Å²) in [5.41, 5.74) is 1.04. The Kier molecular flexibility index (Phi) is 4.70. The fraction of sp³-hybridized carbons (Fsp3) is 0.571. The van der Waals surface area contributed by atoms with E-state index in [4.69, 9.17) is 0 Å². The van der Waals surface area contributed by atoms with Gasteiger partial charge in [0.15, 0.2) is 0 Å². The Morgan fingerprint density at radius 1 is 1.07 bits per heavy atom.